The van der Waals surface area contributed by atoms with Crippen LogP contribution >= 0.6 is 23.2 Å². The van der Waals surface area contributed by atoms with Crippen molar-refractivity contribution < 1.29 is 32.4 Å². The topological polar surface area (TPSA) is 60.3 Å². The minimum atomic E-state index is -4.81. The largest absolute Gasteiger partial charge is 0.494 e. The number of methoxy groups -OCH3 is 1. The molecule has 2 aromatic carbocycles. The molecule has 1 atom stereocenters. The quantitative estimate of drug-likeness (QED) is 0.665. The Hall–Kier alpha value is -1.94. The van der Waals surface area contributed by atoms with E-state index in [-0.39, 0.29) is 27.1 Å². The van der Waals surface area contributed by atoms with Gasteiger partial charge in [0, 0.05) is 12.0 Å². The van der Waals surface area contributed by atoms with Gasteiger partial charge in [-0.2, -0.15) is 13.2 Å². The molecule has 0 bridgehead atoms. The number of alkyl halides is 3. The van der Waals surface area contributed by atoms with E-state index in [1.807, 2.05) is 0 Å². The van der Waals surface area contributed by atoms with E-state index in [1.165, 1.54) is 7.11 Å². The van der Waals surface area contributed by atoms with Crippen LogP contribution in [-0.4, -0.2) is 31.1 Å². The van der Waals surface area contributed by atoms with Gasteiger partial charge in [-0.15, -0.1) is 0 Å². The number of nitrogens with zero attached hydrogens (tertiary/aromatic N) is 1. The molecule has 0 amide bonds. The number of hydrogen-bond acceptors (Lipinski definition) is 5. The highest BCUT2D eigenvalue weighted by atomic mass is 35.5. The zero-order valence-electron chi connectivity index (χ0n) is 16.7. The van der Waals surface area contributed by atoms with E-state index in [0.29, 0.717) is 16.6 Å². The first-order valence-corrected chi connectivity index (χ1v) is 10.0. The molecule has 1 unspecified atom stereocenters. The third-order valence-electron chi connectivity index (χ3n) is 5.56. The summed E-state index contributed by atoms with van der Waals surface area (Å²) in [6.07, 6.45) is -5.40. The molecule has 0 aliphatic carbocycles. The summed E-state index contributed by atoms with van der Waals surface area (Å²) in [5, 5.41) is 13.7. The van der Waals surface area contributed by atoms with E-state index >= 15 is 0 Å². The fourth-order valence-corrected chi connectivity index (χ4v) is 4.57. The lowest BCUT2D eigenvalue weighted by atomic mass is 9.77. The average Bonchev–Trinajstić information content (AvgIpc) is 3.22. The summed E-state index contributed by atoms with van der Waals surface area (Å²) in [5.41, 5.74) is -2.09. The van der Waals surface area contributed by atoms with Crippen LogP contribution in [0, 0.1) is 0 Å². The fourth-order valence-electron chi connectivity index (χ4n) is 3.93. The van der Waals surface area contributed by atoms with Crippen LogP contribution in [0.5, 0.6) is 5.75 Å². The predicted molar refractivity (Wildman–Crippen MR) is 111 cm³/mol. The number of benzene rings is 2. The Bertz CT molecular complexity index is 1070. The van der Waals surface area contributed by atoms with Gasteiger partial charge in [-0.25, -0.2) is 0 Å². The molecule has 0 saturated heterocycles. The van der Waals surface area contributed by atoms with Crippen molar-refractivity contribution >= 4 is 41.5 Å². The second-order valence-corrected chi connectivity index (χ2v) is 8.70. The maximum atomic E-state index is 14.3. The highest BCUT2D eigenvalue weighted by molar-refractivity contribution is 6.62. The first-order valence-electron chi connectivity index (χ1n) is 9.25. The van der Waals surface area contributed by atoms with Gasteiger partial charge in [0.1, 0.15) is 0 Å². The normalized spacial score (nSPS) is 22.2. The van der Waals surface area contributed by atoms with Gasteiger partial charge in [0.05, 0.1) is 28.5 Å². The summed E-state index contributed by atoms with van der Waals surface area (Å²) in [6, 6.07) is 7.09. The second-order valence-electron chi connectivity index (χ2n) is 7.89. The van der Waals surface area contributed by atoms with Crippen LogP contribution in [-0.2, 0) is 20.7 Å². The van der Waals surface area contributed by atoms with Gasteiger partial charge >= 0.3 is 13.3 Å². The van der Waals surface area contributed by atoms with E-state index in [4.69, 9.17) is 37.4 Å². The third kappa shape index (κ3) is 3.48. The number of rotatable bonds is 3. The lowest BCUT2D eigenvalue weighted by molar-refractivity contribution is -0.275. The Labute approximate surface area is 186 Å². The van der Waals surface area contributed by atoms with Crippen molar-refractivity contribution in [3.8, 4) is 5.75 Å². The van der Waals surface area contributed by atoms with E-state index in [0.717, 1.165) is 12.1 Å². The molecule has 11 heteroatoms. The molecular formula is C20H17BCl2F3NO4. The van der Waals surface area contributed by atoms with Gasteiger partial charge in [0.2, 0.25) is 0 Å². The standard InChI is InChI=1S/C20H17BCl2F3NO4/c1-18(2)12-6-10(4-5-13(12)21(28)30-18)16-9-19(31-27-16,20(24,25)26)11-7-14(22)17(29-3)15(23)8-11/h4-8,28H,9H2,1-3H3. The SMILES string of the molecule is COc1c(Cl)cc(C2(C(F)(F)F)CC(c3ccc4c(c3)C(C)(C)OB4O)=NO2)cc1Cl. The average molecular weight is 474 g/mol. The van der Waals surface area contributed by atoms with Crippen LogP contribution in [0.3, 0.4) is 0 Å². The molecule has 0 aromatic heterocycles. The van der Waals surface area contributed by atoms with Gasteiger partial charge in [-0.3, -0.25) is 0 Å². The Morgan fingerprint density at radius 3 is 2.39 bits per heavy atom. The molecule has 0 saturated carbocycles. The summed E-state index contributed by atoms with van der Waals surface area (Å²) < 4.78 is 53.3. The highest BCUT2D eigenvalue weighted by Gasteiger charge is 2.62. The first-order chi connectivity index (χ1) is 14.4. The van der Waals surface area contributed by atoms with E-state index < -0.39 is 30.9 Å². The summed E-state index contributed by atoms with van der Waals surface area (Å²) in [5.74, 6) is 0.0722. The second kappa shape index (κ2) is 7.30. The number of ether oxygens (including phenoxy) is 1. The third-order valence-corrected chi connectivity index (χ3v) is 6.12. The van der Waals surface area contributed by atoms with Gasteiger partial charge in [-0.05, 0) is 48.6 Å². The smallest absolute Gasteiger partial charge is 0.492 e. The summed E-state index contributed by atoms with van der Waals surface area (Å²) in [6.45, 7) is 3.53. The molecule has 2 heterocycles. The lowest BCUT2D eigenvalue weighted by Gasteiger charge is -2.30. The van der Waals surface area contributed by atoms with Crippen LogP contribution in [0.1, 0.15) is 37.0 Å². The molecule has 5 nitrogen and oxygen atoms in total. The fraction of sp³-hybridized carbons (Fsp3) is 0.350. The molecule has 0 radical (unpaired) electrons. The van der Waals surface area contributed by atoms with Crippen molar-refractivity contribution in [2.75, 3.05) is 7.11 Å². The number of hydrogen-bond donors (Lipinski definition) is 1. The summed E-state index contributed by atoms with van der Waals surface area (Å²) >= 11 is 12.2. The molecule has 4 rings (SSSR count). The van der Waals surface area contributed by atoms with E-state index in [9.17, 15) is 18.2 Å². The molecule has 31 heavy (non-hydrogen) atoms. The Morgan fingerprint density at radius 2 is 1.81 bits per heavy atom. The molecular weight excluding hydrogens is 457 g/mol. The van der Waals surface area contributed by atoms with Crippen LogP contribution in [0.25, 0.3) is 0 Å². The lowest BCUT2D eigenvalue weighted by Crippen LogP contribution is -2.42. The minimum absolute atomic E-state index is 0.0722. The molecule has 2 aromatic rings. The summed E-state index contributed by atoms with van der Waals surface area (Å²) in [4.78, 5) is 5.06. The maximum Gasteiger partial charge on any atom is 0.492 e. The molecule has 1 N–H and O–H groups in total. The van der Waals surface area contributed by atoms with Crippen molar-refractivity contribution in [1.29, 1.82) is 0 Å². The maximum absolute atomic E-state index is 14.3. The van der Waals surface area contributed by atoms with Crippen LogP contribution in [0.15, 0.2) is 35.5 Å². The van der Waals surface area contributed by atoms with Crippen LogP contribution < -0.4 is 10.2 Å². The van der Waals surface area contributed by atoms with Crippen molar-refractivity contribution in [3.63, 3.8) is 0 Å². The minimum Gasteiger partial charge on any atom is -0.494 e. The van der Waals surface area contributed by atoms with Gasteiger partial charge < -0.3 is 19.3 Å². The number of fused-ring (bicyclic) bond motifs is 1. The first kappa shape index (κ1) is 22.3. The molecule has 164 valence electrons. The monoisotopic (exact) mass is 473 g/mol. The van der Waals surface area contributed by atoms with Crippen molar-refractivity contribution in [1.82, 2.24) is 0 Å². The number of halogens is 5. The zero-order valence-corrected chi connectivity index (χ0v) is 18.2. The molecule has 0 spiro atoms. The molecule has 0 fully saturated rings. The van der Waals surface area contributed by atoms with Crippen LogP contribution in [0.2, 0.25) is 10.0 Å². The molecule has 2 aliphatic rings. The zero-order chi connectivity index (χ0) is 22.8. The summed E-state index contributed by atoms with van der Waals surface area (Å²) in [7, 11) is 0.217. The Balaban J connectivity index is 1.75. The van der Waals surface area contributed by atoms with Gasteiger partial charge in [0.15, 0.2) is 5.75 Å². The van der Waals surface area contributed by atoms with Crippen LogP contribution in [0.4, 0.5) is 13.2 Å². The predicted octanol–water partition coefficient (Wildman–Crippen LogP) is 4.54. The Kier molecular flexibility index (Phi) is 5.24. The van der Waals surface area contributed by atoms with Gasteiger partial charge in [0.25, 0.3) is 5.60 Å². The Morgan fingerprint density at radius 1 is 1.16 bits per heavy atom. The van der Waals surface area contributed by atoms with E-state index in [2.05, 4.69) is 5.16 Å². The van der Waals surface area contributed by atoms with Crippen molar-refractivity contribution in [2.24, 2.45) is 5.16 Å². The highest BCUT2D eigenvalue weighted by Crippen LogP contribution is 2.51. The van der Waals surface area contributed by atoms with Gasteiger partial charge in [-0.1, -0.05) is 40.5 Å². The molecule has 2 aliphatic heterocycles. The number of oxime groups is 1. The van der Waals surface area contributed by atoms with E-state index in [1.54, 1.807) is 32.0 Å². The van der Waals surface area contributed by atoms with Crippen molar-refractivity contribution in [3.05, 3.63) is 57.1 Å². The van der Waals surface area contributed by atoms with Crippen molar-refractivity contribution in [2.45, 2.75) is 37.6 Å².